The second-order valence-electron chi connectivity index (χ2n) is 6.84. The van der Waals surface area contributed by atoms with Gasteiger partial charge in [-0.15, -0.1) is 0 Å². The molecule has 2 aliphatic rings. The Morgan fingerprint density at radius 2 is 2.00 bits per heavy atom. The summed E-state index contributed by atoms with van der Waals surface area (Å²) in [5.41, 5.74) is 1.26. The molecule has 1 aromatic carbocycles. The summed E-state index contributed by atoms with van der Waals surface area (Å²) in [5.74, 6) is 0.890. The Morgan fingerprint density at radius 1 is 1.21 bits per heavy atom. The Bertz CT molecular complexity index is 521. The van der Waals surface area contributed by atoms with Gasteiger partial charge in [0.25, 0.3) is 0 Å². The summed E-state index contributed by atoms with van der Waals surface area (Å²) >= 11 is 0. The molecule has 0 radical (unpaired) electrons. The van der Waals surface area contributed by atoms with Gasteiger partial charge in [-0.3, -0.25) is 4.90 Å². The zero-order valence-corrected chi connectivity index (χ0v) is 14.7. The normalized spacial score (nSPS) is 30.3. The topological polar surface area (TPSA) is 51.2 Å². The summed E-state index contributed by atoms with van der Waals surface area (Å²) in [6.45, 7) is 2.49. The van der Waals surface area contributed by atoms with Crippen LogP contribution in [0.5, 0.6) is 5.75 Å². The zero-order valence-electron chi connectivity index (χ0n) is 14.7. The van der Waals surface area contributed by atoms with E-state index in [4.69, 9.17) is 19.3 Å². The molecule has 1 aromatic rings. The SMILES string of the molecule is COc1ccc(CN2CC[C@]3(OC)CCC(OCCO)CC23)cc1. The predicted molar refractivity (Wildman–Crippen MR) is 92.2 cm³/mol. The van der Waals surface area contributed by atoms with Crippen LogP contribution in [0.1, 0.15) is 31.2 Å². The van der Waals surface area contributed by atoms with E-state index in [1.165, 1.54) is 5.56 Å². The smallest absolute Gasteiger partial charge is 0.118 e. The molecule has 0 spiro atoms. The average Bonchev–Trinajstić information content (AvgIpc) is 2.99. The molecular formula is C19H29NO4. The van der Waals surface area contributed by atoms with Gasteiger partial charge in [-0.25, -0.2) is 0 Å². The number of nitrogens with zero attached hydrogens (tertiary/aromatic N) is 1. The van der Waals surface area contributed by atoms with E-state index in [0.29, 0.717) is 12.6 Å². The zero-order chi connectivity index (χ0) is 17.0. The predicted octanol–water partition coefficient (Wildman–Crippen LogP) is 2.22. The Morgan fingerprint density at radius 3 is 2.67 bits per heavy atom. The van der Waals surface area contributed by atoms with Gasteiger partial charge in [-0.05, 0) is 43.4 Å². The number of benzene rings is 1. The van der Waals surface area contributed by atoms with E-state index in [2.05, 4.69) is 17.0 Å². The van der Waals surface area contributed by atoms with Gasteiger partial charge in [0.2, 0.25) is 0 Å². The molecule has 1 saturated carbocycles. The second kappa shape index (κ2) is 7.83. The highest BCUT2D eigenvalue weighted by molar-refractivity contribution is 5.27. The lowest BCUT2D eigenvalue weighted by Crippen LogP contribution is -2.51. The number of methoxy groups -OCH3 is 2. The molecule has 1 saturated heterocycles. The van der Waals surface area contributed by atoms with Crippen molar-refractivity contribution in [2.45, 2.75) is 50.0 Å². The third-order valence-electron chi connectivity index (χ3n) is 5.64. The Kier molecular flexibility index (Phi) is 5.76. The summed E-state index contributed by atoms with van der Waals surface area (Å²) in [6, 6.07) is 8.68. The van der Waals surface area contributed by atoms with Crippen LogP contribution in [0.25, 0.3) is 0 Å². The molecule has 5 heteroatoms. The summed E-state index contributed by atoms with van der Waals surface area (Å²) in [4.78, 5) is 2.53. The van der Waals surface area contributed by atoms with E-state index in [-0.39, 0.29) is 18.3 Å². The van der Waals surface area contributed by atoms with Crippen LogP contribution < -0.4 is 4.74 Å². The molecule has 1 heterocycles. The van der Waals surface area contributed by atoms with E-state index in [9.17, 15) is 0 Å². The summed E-state index contributed by atoms with van der Waals surface area (Å²) in [6.07, 6.45) is 4.33. The molecule has 0 amide bonds. The van der Waals surface area contributed by atoms with Crippen LogP contribution in [0.2, 0.25) is 0 Å². The Balaban J connectivity index is 1.68. The van der Waals surface area contributed by atoms with Crippen molar-refractivity contribution in [3.63, 3.8) is 0 Å². The fourth-order valence-electron chi connectivity index (χ4n) is 4.28. The number of hydrogen-bond acceptors (Lipinski definition) is 5. The largest absolute Gasteiger partial charge is 0.497 e. The molecule has 1 N–H and O–H groups in total. The number of rotatable bonds is 7. The number of likely N-dealkylation sites (tertiary alicyclic amines) is 1. The Hall–Kier alpha value is -1.14. The molecule has 3 rings (SSSR count). The lowest BCUT2D eigenvalue weighted by atomic mass is 9.79. The fraction of sp³-hybridized carbons (Fsp3) is 0.684. The molecule has 5 nitrogen and oxygen atoms in total. The minimum absolute atomic E-state index is 0.0362. The molecule has 2 unspecified atom stereocenters. The molecule has 24 heavy (non-hydrogen) atoms. The van der Waals surface area contributed by atoms with Crippen LogP contribution in [-0.4, -0.2) is 61.7 Å². The fourth-order valence-corrected chi connectivity index (χ4v) is 4.28. The van der Waals surface area contributed by atoms with E-state index < -0.39 is 0 Å². The first-order chi connectivity index (χ1) is 11.7. The van der Waals surface area contributed by atoms with Crippen molar-refractivity contribution < 1.29 is 19.3 Å². The van der Waals surface area contributed by atoms with Crippen molar-refractivity contribution in [1.82, 2.24) is 4.90 Å². The highest BCUT2D eigenvalue weighted by Gasteiger charge is 2.51. The maximum Gasteiger partial charge on any atom is 0.118 e. The van der Waals surface area contributed by atoms with Crippen LogP contribution in [-0.2, 0) is 16.0 Å². The van der Waals surface area contributed by atoms with Gasteiger partial charge >= 0.3 is 0 Å². The molecule has 1 aliphatic heterocycles. The van der Waals surface area contributed by atoms with E-state index >= 15 is 0 Å². The minimum Gasteiger partial charge on any atom is -0.497 e. The maximum absolute atomic E-state index is 9.00. The summed E-state index contributed by atoms with van der Waals surface area (Å²) in [5, 5.41) is 9.00. The first kappa shape index (κ1) is 17.7. The highest BCUT2D eigenvalue weighted by atomic mass is 16.5. The number of aliphatic hydroxyl groups excluding tert-OH is 1. The van der Waals surface area contributed by atoms with Crippen LogP contribution in [0.4, 0.5) is 0 Å². The number of ether oxygens (including phenoxy) is 3. The first-order valence-electron chi connectivity index (χ1n) is 8.85. The Labute approximate surface area is 144 Å². The van der Waals surface area contributed by atoms with Gasteiger partial charge in [0.1, 0.15) is 5.75 Å². The van der Waals surface area contributed by atoms with Gasteiger partial charge in [-0.2, -0.15) is 0 Å². The standard InChI is InChI=1S/C19H29NO4/c1-22-16-5-3-15(4-6-16)14-20-10-9-19(23-2)8-7-17(13-18(19)20)24-12-11-21/h3-6,17-18,21H,7-14H2,1-2H3/t17?,18?,19-/m1/s1. The lowest BCUT2D eigenvalue weighted by Gasteiger charge is -2.43. The van der Waals surface area contributed by atoms with Gasteiger partial charge < -0.3 is 19.3 Å². The van der Waals surface area contributed by atoms with Gasteiger partial charge in [0.15, 0.2) is 0 Å². The van der Waals surface area contributed by atoms with Crippen molar-refractivity contribution in [2.75, 3.05) is 34.0 Å². The number of fused-ring (bicyclic) bond motifs is 1. The molecule has 134 valence electrons. The highest BCUT2D eigenvalue weighted by Crippen LogP contribution is 2.43. The van der Waals surface area contributed by atoms with Crippen molar-refractivity contribution in [3.8, 4) is 5.75 Å². The number of hydrogen-bond donors (Lipinski definition) is 1. The van der Waals surface area contributed by atoms with Crippen molar-refractivity contribution in [3.05, 3.63) is 29.8 Å². The van der Waals surface area contributed by atoms with Crippen molar-refractivity contribution in [1.29, 1.82) is 0 Å². The average molecular weight is 335 g/mol. The van der Waals surface area contributed by atoms with E-state index in [0.717, 1.165) is 44.5 Å². The molecule has 3 atom stereocenters. The van der Waals surface area contributed by atoms with Crippen LogP contribution >= 0.6 is 0 Å². The van der Waals surface area contributed by atoms with Gasteiger partial charge in [0, 0.05) is 26.2 Å². The summed E-state index contributed by atoms with van der Waals surface area (Å²) in [7, 11) is 3.54. The third-order valence-corrected chi connectivity index (χ3v) is 5.64. The van der Waals surface area contributed by atoms with Crippen LogP contribution in [0.15, 0.2) is 24.3 Å². The second-order valence-corrected chi connectivity index (χ2v) is 6.84. The minimum atomic E-state index is -0.0362. The van der Waals surface area contributed by atoms with E-state index in [1.807, 2.05) is 19.2 Å². The molecule has 2 fully saturated rings. The number of aliphatic hydroxyl groups is 1. The molecular weight excluding hydrogens is 306 g/mol. The van der Waals surface area contributed by atoms with Gasteiger partial charge in [-0.1, -0.05) is 12.1 Å². The lowest BCUT2D eigenvalue weighted by molar-refractivity contribution is -0.104. The quantitative estimate of drug-likeness (QED) is 0.828. The molecule has 0 bridgehead atoms. The third kappa shape index (κ3) is 3.59. The van der Waals surface area contributed by atoms with Crippen LogP contribution in [0.3, 0.4) is 0 Å². The first-order valence-corrected chi connectivity index (χ1v) is 8.85. The van der Waals surface area contributed by atoms with Gasteiger partial charge in [0.05, 0.1) is 32.0 Å². The van der Waals surface area contributed by atoms with Crippen molar-refractivity contribution in [2.24, 2.45) is 0 Å². The molecule has 1 aliphatic carbocycles. The summed E-state index contributed by atoms with van der Waals surface area (Å²) < 4.78 is 17.0. The molecule has 0 aromatic heterocycles. The maximum atomic E-state index is 9.00. The van der Waals surface area contributed by atoms with Crippen molar-refractivity contribution >= 4 is 0 Å². The van der Waals surface area contributed by atoms with Crippen LogP contribution in [0, 0.1) is 0 Å². The monoisotopic (exact) mass is 335 g/mol. The van der Waals surface area contributed by atoms with E-state index in [1.54, 1.807) is 7.11 Å².